The summed E-state index contributed by atoms with van der Waals surface area (Å²) in [5, 5.41) is 2.83. The van der Waals surface area contributed by atoms with Gasteiger partial charge in [0.25, 0.3) is 0 Å². The van der Waals surface area contributed by atoms with Crippen molar-refractivity contribution < 1.29 is 9.53 Å². The van der Waals surface area contributed by atoms with E-state index < -0.39 is 0 Å². The maximum Gasteiger partial charge on any atom is 0.231 e. The number of carbonyl (C=O) groups is 1. The van der Waals surface area contributed by atoms with E-state index in [1.165, 1.54) is 12.4 Å². The Morgan fingerprint density at radius 1 is 1.53 bits per heavy atom. The van der Waals surface area contributed by atoms with Gasteiger partial charge in [-0.1, -0.05) is 11.6 Å². The van der Waals surface area contributed by atoms with Crippen molar-refractivity contribution in [1.29, 1.82) is 0 Å². The molecule has 0 saturated carbocycles. The lowest BCUT2D eigenvalue weighted by atomic mass is 10.1. The van der Waals surface area contributed by atoms with Crippen molar-refractivity contribution in [2.75, 3.05) is 18.5 Å². The lowest BCUT2D eigenvalue weighted by Crippen LogP contribution is -2.23. The predicted molar refractivity (Wildman–Crippen MR) is 54.6 cm³/mol. The van der Waals surface area contributed by atoms with Crippen LogP contribution in [0.3, 0.4) is 0 Å². The first-order valence-electron chi connectivity index (χ1n) is 4.62. The maximum absolute atomic E-state index is 11.6. The zero-order chi connectivity index (χ0) is 10.7. The van der Waals surface area contributed by atoms with E-state index in [1.807, 2.05) is 0 Å². The molecule has 0 aliphatic carbocycles. The van der Waals surface area contributed by atoms with Crippen molar-refractivity contribution in [2.45, 2.75) is 6.42 Å². The number of hydrogen-bond acceptors (Lipinski definition) is 4. The van der Waals surface area contributed by atoms with E-state index in [0.717, 1.165) is 6.42 Å². The quantitative estimate of drug-likeness (QED) is 0.822. The average molecular weight is 228 g/mol. The summed E-state index contributed by atoms with van der Waals surface area (Å²) in [6.07, 6.45) is 3.69. The highest BCUT2D eigenvalue weighted by Crippen LogP contribution is 2.18. The number of carbonyl (C=O) groups excluding carboxylic acids is 1. The van der Waals surface area contributed by atoms with E-state index in [1.54, 1.807) is 0 Å². The van der Waals surface area contributed by atoms with Crippen molar-refractivity contribution >= 4 is 23.3 Å². The van der Waals surface area contributed by atoms with Crippen LogP contribution in [0.2, 0.25) is 5.15 Å². The number of anilines is 1. The highest BCUT2D eigenvalue weighted by molar-refractivity contribution is 6.32. The molecule has 1 atom stereocenters. The minimum absolute atomic E-state index is 0.108. The fourth-order valence-electron chi connectivity index (χ4n) is 1.36. The summed E-state index contributed by atoms with van der Waals surface area (Å²) in [7, 11) is 0. The largest absolute Gasteiger partial charge is 0.381 e. The molecule has 0 radical (unpaired) electrons. The minimum atomic E-state index is -0.116. The highest BCUT2D eigenvalue weighted by atomic mass is 35.5. The molecule has 6 heteroatoms. The van der Waals surface area contributed by atoms with Gasteiger partial charge in [-0.15, -0.1) is 0 Å². The van der Waals surface area contributed by atoms with Gasteiger partial charge < -0.3 is 10.1 Å². The van der Waals surface area contributed by atoms with Gasteiger partial charge in [0.05, 0.1) is 12.5 Å². The maximum atomic E-state index is 11.6. The fraction of sp³-hybridized carbons (Fsp3) is 0.444. The van der Waals surface area contributed by atoms with Crippen molar-refractivity contribution in [3.8, 4) is 0 Å². The minimum Gasteiger partial charge on any atom is -0.381 e. The molecule has 1 aliphatic heterocycles. The molecule has 1 saturated heterocycles. The average Bonchev–Trinajstić information content (AvgIpc) is 2.74. The van der Waals surface area contributed by atoms with E-state index in [0.29, 0.717) is 19.0 Å². The van der Waals surface area contributed by atoms with Gasteiger partial charge in [0, 0.05) is 19.0 Å². The second-order valence-electron chi connectivity index (χ2n) is 3.25. The Bertz CT molecular complexity index is 366. The molecule has 1 unspecified atom stereocenters. The third-order valence-corrected chi connectivity index (χ3v) is 2.47. The predicted octanol–water partition coefficient (Wildman–Crippen LogP) is 1.10. The summed E-state index contributed by atoms with van der Waals surface area (Å²) < 4.78 is 5.12. The van der Waals surface area contributed by atoms with E-state index >= 15 is 0 Å². The Balaban J connectivity index is 2.02. The smallest absolute Gasteiger partial charge is 0.231 e. The molecule has 1 aromatic heterocycles. The molecule has 5 nitrogen and oxygen atoms in total. The Morgan fingerprint density at radius 2 is 2.33 bits per heavy atom. The molecule has 1 aliphatic rings. The Kier molecular flexibility index (Phi) is 3.13. The van der Waals surface area contributed by atoms with Gasteiger partial charge >= 0.3 is 0 Å². The zero-order valence-corrected chi connectivity index (χ0v) is 8.70. The van der Waals surface area contributed by atoms with Crippen LogP contribution in [0.25, 0.3) is 0 Å². The van der Waals surface area contributed by atoms with E-state index in [4.69, 9.17) is 16.3 Å². The summed E-state index contributed by atoms with van der Waals surface area (Å²) in [5.41, 5.74) is 0. The lowest BCUT2D eigenvalue weighted by molar-refractivity contribution is -0.119. The van der Waals surface area contributed by atoms with Crippen molar-refractivity contribution in [1.82, 2.24) is 9.97 Å². The van der Waals surface area contributed by atoms with E-state index in [9.17, 15) is 4.79 Å². The molecule has 1 amide bonds. The molecule has 1 aromatic rings. The normalized spacial score (nSPS) is 20.2. The van der Waals surface area contributed by atoms with Gasteiger partial charge in [0.1, 0.15) is 0 Å². The fourth-order valence-corrected chi connectivity index (χ4v) is 1.52. The van der Waals surface area contributed by atoms with Crippen LogP contribution in [0.1, 0.15) is 6.42 Å². The van der Waals surface area contributed by atoms with Crippen LogP contribution in [-0.4, -0.2) is 29.1 Å². The lowest BCUT2D eigenvalue weighted by Gasteiger charge is -2.08. The second-order valence-corrected chi connectivity index (χ2v) is 3.60. The molecule has 0 bridgehead atoms. The molecule has 80 valence electrons. The van der Waals surface area contributed by atoms with Gasteiger partial charge in [0.15, 0.2) is 11.0 Å². The number of ether oxygens (including phenoxy) is 1. The first kappa shape index (κ1) is 10.3. The molecule has 1 N–H and O–H groups in total. The van der Waals surface area contributed by atoms with Crippen molar-refractivity contribution in [3.05, 3.63) is 17.5 Å². The number of nitrogens with zero attached hydrogens (tertiary/aromatic N) is 2. The second kappa shape index (κ2) is 4.55. The van der Waals surface area contributed by atoms with Crippen LogP contribution in [0.4, 0.5) is 5.82 Å². The third-order valence-electron chi connectivity index (χ3n) is 2.20. The Hall–Kier alpha value is -1.20. The third kappa shape index (κ3) is 2.43. The van der Waals surface area contributed by atoms with Gasteiger partial charge in [-0.2, -0.15) is 0 Å². The zero-order valence-electron chi connectivity index (χ0n) is 7.94. The number of nitrogens with one attached hydrogen (secondary N) is 1. The summed E-state index contributed by atoms with van der Waals surface area (Å²) >= 11 is 5.76. The number of halogens is 1. The Morgan fingerprint density at radius 3 is 3.00 bits per heavy atom. The van der Waals surface area contributed by atoms with Crippen LogP contribution < -0.4 is 5.32 Å². The molecule has 0 spiro atoms. The van der Waals surface area contributed by atoms with Crippen LogP contribution >= 0.6 is 11.6 Å². The molecule has 0 aromatic carbocycles. The van der Waals surface area contributed by atoms with E-state index in [2.05, 4.69) is 15.3 Å². The number of hydrogen-bond donors (Lipinski definition) is 1. The van der Waals surface area contributed by atoms with Crippen LogP contribution in [0, 0.1) is 5.92 Å². The molecule has 15 heavy (non-hydrogen) atoms. The summed E-state index contributed by atoms with van der Waals surface area (Å²) in [6.45, 7) is 1.09. The summed E-state index contributed by atoms with van der Waals surface area (Å²) in [5.74, 6) is 0.0778. The highest BCUT2D eigenvalue weighted by Gasteiger charge is 2.24. The topological polar surface area (TPSA) is 64.1 Å². The molecule has 2 rings (SSSR count). The molecule has 2 heterocycles. The van der Waals surface area contributed by atoms with Gasteiger partial charge in [-0.3, -0.25) is 4.79 Å². The first-order valence-corrected chi connectivity index (χ1v) is 5.00. The Labute approximate surface area is 91.8 Å². The monoisotopic (exact) mass is 227 g/mol. The number of amides is 1. The first-order chi connectivity index (χ1) is 7.27. The number of rotatable bonds is 2. The molecular weight excluding hydrogens is 218 g/mol. The van der Waals surface area contributed by atoms with Gasteiger partial charge in [-0.25, -0.2) is 9.97 Å². The van der Waals surface area contributed by atoms with E-state index in [-0.39, 0.29) is 17.0 Å². The van der Waals surface area contributed by atoms with Crippen molar-refractivity contribution in [3.63, 3.8) is 0 Å². The van der Waals surface area contributed by atoms with Crippen LogP contribution in [0.5, 0.6) is 0 Å². The van der Waals surface area contributed by atoms with Crippen molar-refractivity contribution in [2.24, 2.45) is 5.92 Å². The summed E-state index contributed by atoms with van der Waals surface area (Å²) in [6, 6.07) is 0. The van der Waals surface area contributed by atoms with Crippen LogP contribution in [0.15, 0.2) is 12.4 Å². The van der Waals surface area contributed by atoms with Gasteiger partial charge in [-0.05, 0) is 6.42 Å². The SMILES string of the molecule is O=C(Nc1nccnc1Cl)C1CCOC1. The van der Waals surface area contributed by atoms with Gasteiger partial charge in [0.2, 0.25) is 5.91 Å². The standard InChI is InChI=1S/C9H10ClN3O2/c10-7-8(12-3-2-11-7)13-9(14)6-1-4-15-5-6/h2-3,6H,1,4-5H2,(H,12,13,14). The molecule has 1 fully saturated rings. The molecular formula is C9H10ClN3O2. The number of aromatic nitrogens is 2. The van der Waals surface area contributed by atoms with Crippen LogP contribution in [-0.2, 0) is 9.53 Å². The summed E-state index contributed by atoms with van der Waals surface area (Å²) in [4.78, 5) is 19.4.